The SMILES string of the molecule is CCOC(=O)C1=C(c2ccccc2)N=c2s/c(=C\c3ccc(-c4cccc(Cl)c4)o3)c(=O)n2[C@H]1c1cccc(OC)c1. The van der Waals surface area contributed by atoms with Crippen LogP contribution in [0.2, 0.25) is 5.02 Å². The molecule has 0 saturated heterocycles. The number of halogens is 1. The molecule has 3 heterocycles. The van der Waals surface area contributed by atoms with Gasteiger partial charge in [0.25, 0.3) is 5.56 Å². The summed E-state index contributed by atoms with van der Waals surface area (Å²) < 4.78 is 19.0. The minimum absolute atomic E-state index is 0.174. The van der Waals surface area contributed by atoms with Gasteiger partial charge in [0.2, 0.25) is 0 Å². The van der Waals surface area contributed by atoms with E-state index in [2.05, 4.69) is 0 Å². The highest BCUT2D eigenvalue weighted by molar-refractivity contribution is 7.07. The molecule has 2 aromatic heterocycles. The molecule has 3 aromatic carbocycles. The van der Waals surface area contributed by atoms with Crippen molar-refractivity contribution >= 4 is 40.7 Å². The van der Waals surface area contributed by atoms with E-state index in [0.29, 0.717) is 42.9 Å². The summed E-state index contributed by atoms with van der Waals surface area (Å²) in [6, 6.07) is 26.9. The van der Waals surface area contributed by atoms with E-state index < -0.39 is 12.0 Å². The molecule has 7 nitrogen and oxygen atoms in total. The van der Waals surface area contributed by atoms with E-state index in [1.807, 2.05) is 78.9 Å². The van der Waals surface area contributed by atoms with Crippen LogP contribution < -0.4 is 19.6 Å². The van der Waals surface area contributed by atoms with Gasteiger partial charge in [-0.05, 0) is 48.9 Å². The van der Waals surface area contributed by atoms with Crippen molar-refractivity contribution in [2.24, 2.45) is 4.99 Å². The molecule has 0 saturated carbocycles. The van der Waals surface area contributed by atoms with E-state index in [1.54, 1.807) is 36.8 Å². The van der Waals surface area contributed by atoms with Gasteiger partial charge in [-0.3, -0.25) is 9.36 Å². The van der Waals surface area contributed by atoms with Gasteiger partial charge in [-0.15, -0.1) is 0 Å². The highest BCUT2D eigenvalue weighted by Gasteiger charge is 2.35. The van der Waals surface area contributed by atoms with E-state index in [9.17, 15) is 9.59 Å². The Morgan fingerprint density at radius 1 is 1.02 bits per heavy atom. The smallest absolute Gasteiger partial charge is 0.338 e. The maximum atomic E-state index is 14.1. The van der Waals surface area contributed by atoms with Crippen molar-refractivity contribution in [2.75, 3.05) is 13.7 Å². The van der Waals surface area contributed by atoms with Crippen LogP contribution >= 0.6 is 22.9 Å². The number of methoxy groups -OCH3 is 1. The van der Waals surface area contributed by atoms with E-state index in [1.165, 1.54) is 11.3 Å². The number of nitrogens with zero attached hydrogens (tertiary/aromatic N) is 2. The molecule has 6 rings (SSSR count). The second-order valence-corrected chi connectivity index (χ2v) is 10.9. The molecular weight excluding hydrogens is 572 g/mol. The van der Waals surface area contributed by atoms with Gasteiger partial charge in [0.15, 0.2) is 4.80 Å². The molecule has 9 heteroatoms. The van der Waals surface area contributed by atoms with Gasteiger partial charge in [0.05, 0.1) is 35.6 Å². The Bertz CT molecular complexity index is 2010. The van der Waals surface area contributed by atoms with Crippen LogP contribution in [0.5, 0.6) is 5.75 Å². The second kappa shape index (κ2) is 11.7. The van der Waals surface area contributed by atoms with Gasteiger partial charge in [-0.25, -0.2) is 9.79 Å². The first-order valence-corrected chi connectivity index (χ1v) is 14.4. The second-order valence-electron chi connectivity index (χ2n) is 9.42. The van der Waals surface area contributed by atoms with E-state index >= 15 is 0 Å². The maximum Gasteiger partial charge on any atom is 0.338 e. The third-order valence-electron chi connectivity index (χ3n) is 6.79. The number of benzene rings is 3. The molecule has 0 amide bonds. The molecule has 0 aliphatic carbocycles. The largest absolute Gasteiger partial charge is 0.497 e. The number of ether oxygens (including phenoxy) is 2. The van der Waals surface area contributed by atoms with Crippen LogP contribution in [0, 0.1) is 0 Å². The van der Waals surface area contributed by atoms with Crippen LogP contribution in [0.3, 0.4) is 0 Å². The molecular formula is C33H25ClN2O5S. The zero-order valence-electron chi connectivity index (χ0n) is 22.7. The van der Waals surface area contributed by atoms with Crippen LogP contribution in [-0.2, 0) is 9.53 Å². The van der Waals surface area contributed by atoms with Crippen molar-refractivity contribution in [1.82, 2.24) is 4.57 Å². The Kier molecular flexibility index (Phi) is 7.65. The summed E-state index contributed by atoms with van der Waals surface area (Å²) >= 11 is 7.38. The Morgan fingerprint density at radius 3 is 2.57 bits per heavy atom. The topological polar surface area (TPSA) is 83.0 Å². The Balaban J connectivity index is 1.57. The fraction of sp³-hybridized carbons (Fsp3) is 0.121. The minimum atomic E-state index is -0.800. The van der Waals surface area contributed by atoms with Gasteiger partial charge in [-0.2, -0.15) is 0 Å². The number of thiazole rings is 1. The zero-order chi connectivity index (χ0) is 29.2. The van der Waals surface area contributed by atoms with Crippen molar-refractivity contribution in [3.63, 3.8) is 0 Å². The number of hydrogen-bond donors (Lipinski definition) is 0. The minimum Gasteiger partial charge on any atom is -0.497 e. The van der Waals surface area contributed by atoms with E-state index in [4.69, 9.17) is 30.5 Å². The first-order chi connectivity index (χ1) is 20.5. The van der Waals surface area contributed by atoms with Crippen molar-refractivity contribution in [3.05, 3.63) is 138 Å². The molecule has 0 N–H and O–H groups in total. The van der Waals surface area contributed by atoms with Crippen LogP contribution in [0.25, 0.3) is 23.1 Å². The number of fused-ring (bicyclic) bond motifs is 1. The number of aromatic nitrogens is 1. The number of carbonyl (C=O) groups excluding carboxylic acids is 1. The fourth-order valence-corrected chi connectivity index (χ4v) is 6.10. The molecule has 0 spiro atoms. The summed E-state index contributed by atoms with van der Waals surface area (Å²) in [7, 11) is 1.57. The number of rotatable bonds is 7. The molecule has 5 aromatic rings. The molecule has 1 atom stereocenters. The van der Waals surface area contributed by atoms with Crippen LogP contribution in [0.1, 0.15) is 29.9 Å². The summed E-state index contributed by atoms with van der Waals surface area (Å²) in [5.74, 6) is 1.18. The number of carbonyl (C=O) groups is 1. The van der Waals surface area contributed by atoms with Crippen molar-refractivity contribution < 1.29 is 18.7 Å². The Morgan fingerprint density at radius 2 is 1.81 bits per heavy atom. The summed E-state index contributed by atoms with van der Waals surface area (Å²) in [4.78, 5) is 33.0. The zero-order valence-corrected chi connectivity index (χ0v) is 24.3. The lowest BCUT2D eigenvalue weighted by Crippen LogP contribution is -2.40. The highest BCUT2D eigenvalue weighted by Crippen LogP contribution is 2.36. The van der Waals surface area contributed by atoms with Crippen LogP contribution in [0.15, 0.2) is 111 Å². The first-order valence-electron chi connectivity index (χ1n) is 13.2. The maximum absolute atomic E-state index is 14.1. The molecule has 1 aliphatic rings. The lowest BCUT2D eigenvalue weighted by Gasteiger charge is -2.26. The summed E-state index contributed by atoms with van der Waals surface area (Å²) in [6.07, 6.45) is 1.69. The van der Waals surface area contributed by atoms with Gasteiger partial charge in [-0.1, -0.05) is 77.5 Å². The number of hydrogen-bond acceptors (Lipinski definition) is 7. The van der Waals surface area contributed by atoms with Gasteiger partial charge < -0.3 is 13.9 Å². The molecule has 0 radical (unpaired) electrons. The molecule has 0 bridgehead atoms. The first kappa shape index (κ1) is 27.5. The number of esters is 1. The monoisotopic (exact) mass is 596 g/mol. The third kappa shape index (κ3) is 5.22. The quantitative estimate of drug-likeness (QED) is 0.220. The van der Waals surface area contributed by atoms with Gasteiger partial charge in [0.1, 0.15) is 17.3 Å². The van der Waals surface area contributed by atoms with Gasteiger partial charge >= 0.3 is 5.97 Å². The van der Waals surface area contributed by atoms with E-state index in [0.717, 1.165) is 11.1 Å². The molecule has 0 unspecified atom stereocenters. The lowest BCUT2D eigenvalue weighted by molar-refractivity contribution is -0.138. The van der Waals surface area contributed by atoms with Crippen LogP contribution in [0.4, 0.5) is 0 Å². The molecule has 42 heavy (non-hydrogen) atoms. The standard InChI is InChI=1S/C33H25ClN2O5S/c1-3-40-32(38)28-29(20-9-5-4-6-10-20)35-33-36(30(28)22-12-8-14-24(18-22)39-2)31(37)27(42-33)19-25-15-16-26(41-25)21-11-7-13-23(34)17-21/h4-19,30H,3H2,1-2H3/b27-19-/t30-/m0/s1. The third-order valence-corrected chi connectivity index (χ3v) is 8.01. The highest BCUT2D eigenvalue weighted by atomic mass is 35.5. The predicted molar refractivity (Wildman–Crippen MR) is 163 cm³/mol. The normalized spacial score (nSPS) is 14.8. The summed E-state index contributed by atoms with van der Waals surface area (Å²) in [5.41, 5.74) is 2.68. The summed E-state index contributed by atoms with van der Waals surface area (Å²) in [6.45, 7) is 1.92. The van der Waals surface area contributed by atoms with Crippen molar-refractivity contribution in [3.8, 4) is 17.1 Å². The van der Waals surface area contributed by atoms with E-state index in [-0.39, 0.29) is 17.7 Å². The van der Waals surface area contributed by atoms with Crippen molar-refractivity contribution in [1.29, 1.82) is 0 Å². The van der Waals surface area contributed by atoms with Crippen LogP contribution in [-0.4, -0.2) is 24.3 Å². The fourth-order valence-electron chi connectivity index (χ4n) is 4.92. The Labute approximate surface area is 250 Å². The lowest BCUT2D eigenvalue weighted by atomic mass is 9.93. The van der Waals surface area contributed by atoms with Crippen molar-refractivity contribution in [2.45, 2.75) is 13.0 Å². The molecule has 210 valence electrons. The van der Waals surface area contributed by atoms with Gasteiger partial charge in [0, 0.05) is 22.2 Å². The average molecular weight is 597 g/mol. The molecule has 1 aliphatic heterocycles. The molecule has 0 fully saturated rings. The predicted octanol–water partition coefficient (Wildman–Crippen LogP) is 5.86. The number of furan rings is 1. The average Bonchev–Trinajstić information content (AvgIpc) is 3.61. The Hall–Kier alpha value is -4.66. The summed E-state index contributed by atoms with van der Waals surface area (Å²) in [5, 5.41) is 0.600.